The summed E-state index contributed by atoms with van der Waals surface area (Å²) in [4.78, 5) is 4.49. The van der Waals surface area contributed by atoms with Crippen molar-refractivity contribution in [1.29, 1.82) is 0 Å². The highest BCUT2D eigenvalue weighted by molar-refractivity contribution is 6.98. The minimum Gasteiger partial charge on any atom is -0.458 e. The Morgan fingerprint density at radius 3 is 1.50 bits per heavy atom. The van der Waals surface area contributed by atoms with Gasteiger partial charge in [0, 0.05) is 62.9 Å². The molecule has 6 heteroatoms. The second-order valence-electron chi connectivity index (χ2n) is 13.7. The molecule has 0 unspecified atom stereocenters. The molecule has 2 aliphatic heterocycles. The van der Waals surface area contributed by atoms with Gasteiger partial charge in [0.25, 0.3) is 6.71 Å². The summed E-state index contributed by atoms with van der Waals surface area (Å²) in [5.74, 6) is 3.11. The van der Waals surface area contributed by atoms with Gasteiger partial charge >= 0.3 is 0 Å². The van der Waals surface area contributed by atoms with Crippen LogP contribution < -0.4 is 35.7 Å². The fraction of sp³-hybridized carbons (Fsp3) is 0. The lowest BCUT2D eigenvalue weighted by molar-refractivity contribution is 0.462. The molecule has 254 valence electrons. The average molecular weight is 695 g/mol. The van der Waals surface area contributed by atoms with E-state index >= 15 is 0 Å². The van der Waals surface area contributed by atoms with Gasteiger partial charge in [0.15, 0.2) is 11.3 Å². The van der Waals surface area contributed by atoms with Crippen LogP contribution in [0.15, 0.2) is 192 Å². The largest absolute Gasteiger partial charge is 0.458 e. The summed E-state index contributed by atoms with van der Waals surface area (Å²) in [6.45, 7) is -0.0977. The number of hydrogen-bond donors (Lipinski definition) is 0. The van der Waals surface area contributed by atoms with Gasteiger partial charge in [-0.25, -0.2) is 0 Å². The smallest absolute Gasteiger partial charge is 0.260 e. The fourth-order valence-corrected chi connectivity index (χ4v) is 8.18. The Bertz CT molecular complexity index is 2760. The van der Waals surface area contributed by atoms with Gasteiger partial charge in [0.1, 0.15) is 22.8 Å². The van der Waals surface area contributed by atoms with Crippen LogP contribution in [-0.2, 0) is 0 Å². The third-order valence-electron chi connectivity index (χ3n) is 10.5. The van der Waals surface area contributed by atoms with Crippen LogP contribution in [0.2, 0.25) is 0 Å². The lowest BCUT2D eigenvalue weighted by Crippen LogP contribution is -2.57. The molecule has 0 spiro atoms. The Morgan fingerprint density at radius 1 is 0.370 bits per heavy atom. The van der Waals surface area contributed by atoms with Crippen molar-refractivity contribution in [2.24, 2.45) is 0 Å². The van der Waals surface area contributed by atoms with E-state index in [1.54, 1.807) is 0 Å². The minimum atomic E-state index is -0.0977. The van der Waals surface area contributed by atoms with Gasteiger partial charge in [0.05, 0.1) is 5.69 Å². The van der Waals surface area contributed by atoms with Crippen LogP contribution in [0.3, 0.4) is 0 Å². The number of nitrogens with zero attached hydrogens (tertiary/aromatic N) is 2. The zero-order chi connectivity index (χ0) is 35.6. The van der Waals surface area contributed by atoms with Crippen molar-refractivity contribution in [1.82, 2.24) is 0 Å². The summed E-state index contributed by atoms with van der Waals surface area (Å²) in [7, 11) is 0. The topological polar surface area (TPSA) is 38.1 Å². The number of ether oxygens (including phenoxy) is 2. The maximum absolute atomic E-state index is 7.05. The Balaban J connectivity index is 1.10. The molecule has 0 N–H and O–H groups in total. The van der Waals surface area contributed by atoms with Crippen molar-refractivity contribution in [2.75, 3.05) is 9.80 Å². The molecule has 54 heavy (non-hydrogen) atoms. The Morgan fingerprint density at radius 2 is 0.889 bits per heavy atom. The molecule has 3 heterocycles. The van der Waals surface area contributed by atoms with E-state index in [2.05, 4.69) is 168 Å². The molecule has 0 aliphatic carbocycles. The number of benzene rings is 8. The zero-order valence-electron chi connectivity index (χ0n) is 29.1. The predicted octanol–water partition coefficient (Wildman–Crippen LogP) is 11.3. The van der Waals surface area contributed by atoms with E-state index < -0.39 is 0 Å². The zero-order valence-corrected chi connectivity index (χ0v) is 29.1. The third-order valence-corrected chi connectivity index (χ3v) is 10.5. The summed E-state index contributed by atoms with van der Waals surface area (Å²) < 4.78 is 20.6. The van der Waals surface area contributed by atoms with Crippen LogP contribution in [0.4, 0.5) is 34.1 Å². The van der Waals surface area contributed by atoms with E-state index in [0.717, 1.165) is 95.4 Å². The second kappa shape index (κ2) is 12.2. The van der Waals surface area contributed by atoms with Gasteiger partial charge < -0.3 is 23.7 Å². The minimum absolute atomic E-state index is 0.0977. The van der Waals surface area contributed by atoms with E-state index in [1.165, 1.54) is 0 Å². The molecule has 0 bridgehead atoms. The molecule has 8 aromatic carbocycles. The van der Waals surface area contributed by atoms with Crippen molar-refractivity contribution >= 4 is 79.2 Å². The molecule has 0 saturated carbocycles. The van der Waals surface area contributed by atoms with Gasteiger partial charge in [0.2, 0.25) is 0 Å². The Hall–Kier alpha value is -7.18. The maximum Gasteiger partial charge on any atom is 0.260 e. The number of anilines is 6. The fourth-order valence-electron chi connectivity index (χ4n) is 8.18. The molecule has 0 radical (unpaired) electrons. The third kappa shape index (κ3) is 4.81. The highest BCUT2D eigenvalue weighted by Crippen LogP contribution is 2.45. The van der Waals surface area contributed by atoms with E-state index in [4.69, 9.17) is 13.9 Å². The highest BCUT2D eigenvalue weighted by atomic mass is 16.5. The van der Waals surface area contributed by atoms with Crippen LogP contribution in [0.5, 0.6) is 23.0 Å². The molecule has 11 rings (SSSR count). The second-order valence-corrected chi connectivity index (χ2v) is 13.7. The van der Waals surface area contributed by atoms with Gasteiger partial charge in [-0.1, -0.05) is 103 Å². The molecule has 0 atom stereocenters. The number of rotatable bonds is 6. The SMILES string of the molecule is c1ccc(N(c2ccccc2)c2cc3c4c(c2)Oc2c(ccc5c2oc2cc(N(c6ccccc6)c6ccccc6)ccc25)B4c2ccccc2O3)cc1. The first-order chi connectivity index (χ1) is 26.8. The number of fused-ring (bicyclic) bond motifs is 8. The molecule has 2 aliphatic rings. The van der Waals surface area contributed by atoms with Gasteiger partial charge in [-0.3, -0.25) is 0 Å². The Labute approximate surface area is 312 Å². The van der Waals surface area contributed by atoms with Gasteiger partial charge in [-0.2, -0.15) is 0 Å². The van der Waals surface area contributed by atoms with E-state index in [1.807, 2.05) is 30.3 Å². The number of para-hydroxylation sites is 5. The molecule has 1 aromatic heterocycles. The van der Waals surface area contributed by atoms with E-state index in [9.17, 15) is 0 Å². The monoisotopic (exact) mass is 694 g/mol. The first-order valence-electron chi connectivity index (χ1n) is 18.2. The number of hydrogen-bond acceptors (Lipinski definition) is 5. The molecular weight excluding hydrogens is 663 g/mol. The molecule has 0 saturated heterocycles. The summed E-state index contributed by atoms with van der Waals surface area (Å²) >= 11 is 0. The molecule has 0 amide bonds. The predicted molar refractivity (Wildman–Crippen MR) is 221 cm³/mol. The molecule has 5 nitrogen and oxygen atoms in total. The van der Waals surface area contributed by atoms with Crippen LogP contribution >= 0.6 is 0 Å². The van der Waals surface area contributed by atoms with Crippen LogP contribution in [0.25, 0.3) is 21.9 Å². The van der Waals surface area contributed by atoms with Crippen LogP contribution in [-0.4, -0.2) is 6.71 Å². The van der Waals surface area contributed by atoms with Gasteiger partial charge in [-0.15, -0.1) is 0 Å². The molecule has 9 aromatic rings. The normalized spacial score (nSPS) is 12.3. The van der Waals surface area contributed by atoms with Crippen molar-refractivity contribution in [3.8, 4) is 23.0 Å². The van der Waals surface area contributed by atoms with Crippen molar-refractivity contribution in [2.45, 2.75) is 0 Å². The van der Waals surface area contributed by atoms with E-state index in [-0.39, 0.29) is 6.71 Å². The lowest BCUT2D eigenvalue weighted by atomic mass is 9.35. The lowest BCUT2D eigenvalue weighted by Gasteiger charge is -2.34. The van der Waals surface area contributed by atoms with Crippen LogP contribution in [0.1, 0.15) is 0 Å². The van der Waals surface area contributed by atoms with Gasteiger partial charge in [-0.05, 0) is 77.7 Å². The molecular formula is C48H31BN2O3. The average Bonchev–Trinajstić information content (AvgIpc) is 3.61. The van der Waals surface area contributed by atoms with Crippen molar-refractivity contribution in [3.63, 3.8) is 0 Å². The summed E-state index contributed by atoms with van der Waals surface area (Å²) in [6, 6.07) is 65.1. The van der Waals surface area contributed by atoms with Crippen molar-refractivity contribution in [3.05, 3.63) is 188 Å². The first kappa shape index (κ1) is 30.5. The van der Waals surface area contributed by atoms with Crippen molar-refractivity contribution < 1.29 is 13.9 Å². The summed E-state index contributed by atoms with van der Waals surface area (Å²) in [6.07, 6.45) is 0. The van der Waals surface area contributed by atoms with Crippen LogP contribution in [0, 0.1) is 0 Å². The first-order valence-corrected chi connectivity index (χ1v) is 18.2. The summed E-state index contributed by atoms with van der Waals surface area (Å²) in [5.41, 5.74) is 10.9. The standard InChI is InChI=1S/C48H31BN2O3/c1-5-15-32(16-6-1)50(33-17-7-2-8-18-33)36-25-26-38-39-27-28-41-48(47(39)53-43(38)29-36)54-45-31-37(30-44-46(45)49(41)40-23-13-14-24-42(40)52-44)51(34-19-9-3-10-20-34)35-21-11-4-12-22-35/h1-31H. The highest BCUT2D eigenvalue weighted by Gasteiger charge is 2.42. The quantitative estimate of drug-likeness (QED) is 0.162. The maximum atomic E-state index is 7.05. The van der Waals surface area contributed by atoms with E-state index in [0.29, 0.717) is 0 Å². The Kier molecular flexibility index (Phi) is 6.89. The molecule has 0 fully saturated rings. The number of furan rings is 1. The summed E-state index contributed by atoms with van der Waals surface area (Å²) in [5, 5.41) is 2.05.